The minimum atomic E-state index is -0.826. The highest BCUT2D eigenvalue weighted by atomic mass is 35.5. The van der Waals surface area contributed by atoms with E-state index in [4.69, 9.17) is 21.1 Å². The van der Waals surface area contributed by atoms with E-state index in [0.29, 0.717) is 28.7 Å². The van der Waals surface area contributed by atoms with Crippen LogP contribution >= 0.6 is 11.6 Å². The van der Waals surface area contributed by atoms with Gasteiger partial charge in [-0.05, 0) is 127 Å². The molecule has 1 N–H and O–H groups in total. The number of carbonyl (C=O) groups is 5. The molecule has 3 fully saturated rings. The molecule has 5 aliphatic rings. The summed E-state index contributed by atoms with van der Waals surface area (Å²) in [7, 11) is 1.61. The predicted molar refractivity (Wildman–Crippen MR) is 258 cm³/mol. The third kappa shape index (κ3) is 9.50. The average Bonchev–Trinajstić information content (AvgIpc) is 3.63. The Morgan fingerprint density at radius 3 is 2.40 bits per heavy atom. The number of hydrogen-bond acceptors (Lipinski definition) is 10. The number of rotatable bonds is 12. The van der Waals surface area contributed by atoms with E-state index in [1.165, 1.54) is 40.3 Å². The number of carbonyl (C=O) groups excluding carboxylic acids is 5. The van der Waals surface area contributed by atoms with Crippen LogP contribution < -0.4 is 19.9 Å². The van der Waals surface area contributed by atoms with Crippen LogP contribution in [0.2, 0.25) is 5.02 Å². The van der Waals surface area contributed by atoms with Gasteiger partial charge in [0.1, 0.15) is 40.6 Å². The van der Waals surface area contributed by atoms with Gasteiger partial charge in [0.2, 0.25) is 11.8 Å². The zero-order valence-corrected chi connectivity index (χ0v) is 41.0. The number of hydrogen-bond donors (Lipinski definition) is 1. The van der Waals surface area contributed by atoms with Gasteiger partial charge < -0.3 is 34.0 Å². The van der Waals surface area contributed by atoms with E-state index in [9.17, 15) is 28.4 Å². The topological polar surface area (TPSA) is 145 Å². The van der Waals surface area contributed by atoms with Gasteiger partial charge in [-0.1, -0.05) is 36.9 Å². The van der Waals surface area contributed by atoms with E-state index >= 15 is 8.78 Å². The standard InChI is InChI=1S/C52H59ClF3N7O7/c1-29-26-62-40(28-61(29)51(68)70-52(2,3)4)50(67)59(5)39-25-57-46-34(47(39)62)24-36(53)43(45(46)56)44-37(55)12-11-13-41(44)69-21-10-8-6-7-9-18-60-19-16-30(17-20-60)32-22-31(54)23-33-35(32)27-63(49(33)66)38-14-15-42(64)58-48(38)65/h11-13,22-25,29-30,38,40H,6-10,14-21,26-28H2,1-5H3,(H,58,64,65)/t29-,38?,40-/m1/s1. The fourth-order valence-corrected chi connectivity index (χ4v) is 11.2. The molecule has 0 radical (unpaired) electrons. The van der Waals surface area contributed by atoms with Crippen LogP contribution in [0.5, 0.6) is 5.75 Å². The highest BCUT2D eigenvalue weighted by Gasteiger charge is 2.46. The Morgan fingerprint density at radius 1 is 0.914 bits per heavy atom. The third-order valence-corrected chi connectivity index (χ3v) is 14.7. The number of anilines is 2. The molecule has 18 heteroatoms. The van der Waals surface area contributed by atoms with Crippen LogP contribution in [-0.4, -0.2) is 120 Å². The van der Waals surface area contributed by atoms with Gasteiger partial charge in [0, 0.05) is 49.1 Å². The van der Waals surface area contributed by atoms with E-state index in [0.717, 1.165) is 69.3 Å². The van der Waals surface area contributed by atoms with Crippen LogP contribution in [-0.2, 0) is 25.7 Å². The van der Waals surface area contributed by atoms with Crippen molar-refractivity contribution in [2.45, 2.75) is 122 Å². The lowest BCUT2D eigenvalue weighted by Crippen LogP contribution is -2.66. The van der Waals surface area contributed by atoms with Crippen molar-refractivity contribution in [3.8, 4) is 16.9 Å². The molecular formula is C52H59ClF3N7O7. The Hall–Kier alpha value is -5.94. The molecule has 372 valence electrons. The van der Waals surface area contributed by atoms with E-state index < -0.39 is 47.1 Å². The number of amides is 5. The second kappa shape index (κ2) is 19.7. The van der Waals surface area contributed by atoms with Gasteiger partial charge in [0.25, 0.3) is 11.8 Å². The Kier molecular flexibility index (Phi) is 13.8. The van der Waals surface area contributed by atoms with Crippen molar-refractivity contribution in [2.75, 3.05) is 56.2 Å². The molecule has 0 bridgehead atoms. The second-order valence-corrected chi connectivity index (χ2v) is 20.7. The van der Waals surface area contributed by atoms with Crippen molar-refractivity contribution >= 4 is 63.6 Å². The summed E-state index contributed by atoms with van der Waals surface area (Å²) in [6.45, 7) is 10.6. The van der Waals surface area contributed by atoms with E-state index in [1.54, 1.807) is 44.9 Å². The Morgan fingerprint density at radius 2 is 1.66 bits per heavy atom. The zero-order chi connectivity index (χ0) is 49.8. The molecule has 9 rings (SSSR count). The van der Waals surface area contributed by atoms with Crippen LogP contribution in [0.25, 0.3) is 22.0 Å². The Bertz CT molecular complexity index is 2760. The molecule has 3 saturated heterocycles. The van der Waals surface area contributed by atoms with Gasteiger partial charge >= 0.3 is 6.09 Å². The zero-order valence-electron chi connectivity index (χ0n) is 40.2. The fraction of sp³-hybridized carbons (Fsp3) is 0.500. The molecule has 6 heterocycles. The van der Waals surface area contributed by atoms with Gasteiger partial charge in [0.15, 0.2) is 5.82 Å². The molecule has 5 amide bonds. The highest BCUT2D eigenvalue weighted by molar-refractivity contribution is 6.35. The SMILES string of the molecule is C[C@@H]1CN2c3c(cnc4c(F)c(-c5c(F)cccc5OCCCCCCCN5CCC(c6cc(F)cc7c6CN(C6CCC(=O)NC6=O)C7=O)CC5)c(Cl)cc34)N(C)C(=O)[C@H]2CN1C(=O)OC(C)(C)C. The summed E-state index contributed by atoms with van der Waals surface area (Å²) in [5.41, 5.74) is 1.86. The predicted octanol–water partition coefficient (Wildman–Crippen LogP) is 8.73. The normalized spacial score (nSPS) is 21.0. The first kappa shape index (κ1) is 49.1. The number of likely N-dealkylation sites (N-methyl/N-ethyl adjacent to an activating group) is 1. The molecule has 70 heavy (non-hydrogen) atoms. The number of nitrogens with one attached hydrogen (secondary N) is 1. The summed E-state index contributed by atoms with van der Waals surface area (Å²) in [5.74, 6) is -3.22. The number of unbranched alkanes of at least 4 members (excludes halogenated alkanes) is 4. The molecule has 0 saturated carbocycles. The maximum atomic E-state index is 16.9. The van der Waals surface area contributed by atoms with E-state index in [2.05, 4.69) is 15.2 Å². The van der Waals surface area contributed by atoms with Gasteiger partial charge in [-0.3, -0.25) is 29.5 Å². The molecule has 1 aromatic heterocycles. The Balaban J connectivity index is 0.782. The molecule has 3 atom stereocenters. The fourth-order valence-electron chi connectivity index (χ4n) is 10.9. The van der Waals surface area contributed by atoms with Crippen LogP contribution in [0.1, 0.15) is 113 Å². The smallest absolute Gasteiger partial charge is 0.410 e. The quantitative estimate of drug-likeness (QED) is 0.108. The molecule has 14 nitrogen and oxygen atoms in total. The Labute approximate surface area is 410 Å². The van der Waals surface area contributed by atoms with Gasteiger partial charge in [-0.15, -0.1) is 0 Å². The summed E-state index contributed by atoms with van der Waals surface area (Å²) in [5, 5.41) is 2.62. The maximum Gasteiger partial charge on any atom is 0.410 e. The van der Waals surface area contributed by atoms with Crippen LogP contribution in [0.4, 0.5) is 29.3 Å². The van der Waals surface area contributed by atoms with E-state index in [1.807, 2.05) is 11.8 Å². The first-order chi connectivity index (χ1) is 33.4. The number of ether oxygens (including phenoxy) is 2. The lowest BCUT2D eigenvalue weighted by molar-refractivity contribution is -0.137. The highest BCUT2D eigenvalue weighted by Crippen LogP contribution is 2.48. The maximum absolute atomic E-state index is 16.9. The van der Waals surface area contributed by atoms with Crippen molar-refractivity contribution in [3.63, 3.8) is 0 Å². The number of imide groups is 1. The molecule has 0 aliphatic carbocycles. The van der Waals surface area contributed by atoms with Crippen molar-refractivity contribution in [1.82, 2.24) is 25.0 Å². The van der Waals surface area contributed by atoms with Gasteiger partial charge in [0.05, 0.1) is 41.3 Å². The summed E-state index contributed by atoms with van der Waals surface area (Å²) in [4.78, 5) is 77.8. The number of piperazine rings is 1. The number of benzene rings is 3. The first-order valence-electron chi connectivity index (χ1n) is 24.4. The van der Waals surface area contributed by atoms with Crippen LogP contribution in [0, 0.1) is 17.5 Å². The van der Waals surface area contributed by atoms with Crippen LogP contribution in [0.15, 0.2) is 42.6 Å². The summed E-state index contributed by atoms with van der Waals surface area (Å²) in [6, 6.07) is 6.81. The lowest BCUT2D eigenvalue weighted by Gasteiger charge is -2.50. The summed E-state index contributed by atoms with van der Waals surface area (Å²) in [6.07, 6.45) is 7.48. The lowest BCUT2D eigenvalue weighted by atomic mass is 9.85. The van der Waals surface area contributed by atoms with Gasteiger partial charge in [-0.2, -0.15) is 0 Å². The second-order valence-electron chi connectivity index (χ2n) is 20.2. The molecule has 4 aromatic rings. The largest absolute Gasteiger partial charge is 0.493 e. The number of halogens is 4. The number of pyridine rings is 1. The number of aromatic nitrogens is 1. The minimum Gasteiger partial charge on any atom is -0.493 e. The minimum absolute atomic E-state index is 0.0482. The molecule has 3 aromatic carbocycles. The number of likely N-dealkylation sites (tertiary alicyclic amines) is 1. The number of piperidine rings is 2. The summed E-state index contributed by atoms with van der Waals surface area (Å²) < 4.78 is 59.4. The molecule has 1 unspecified atom stereocenters. The van der Waals surface area contributed by atoms with Crippen molar-refractivity contribution in [2.24, 2.45) is 0 Å². The molecule has 5 aliphatic heterocycles. The van der Waals surface area contributed by atoms with Crippen LogP contribution in [0.3, 0.4) is 0 Å². The van der Waals surface area contributed by atoms with Crippen molar-refractivity contribution < 1.29 is 46.6 Å². The average molecular weight is 987 g/mol. The summed E-state index contributed by atoms with van der Waals surface area (Å²) >= 11 is 6.91. The molecular weight excluding hydrogens is 927 g/mol. The van der Waals surface area contributed by atoms with Crippen molar-refractivity contribution in [3.05, 3.63) is 81.8 Å². The number of fused-ring (bicyclic) bond motifs is 6. The first-order valence-corrected chi connectivity index (χ1v) is 24.7. The molecule has 0 spiro atoms. The number of nitrogens with zero attached hydrogens (tertiary/aromatic N) is 6. The monoisotopic (exact) mass is 985 g/mol. The van der Waals surface area contributed by atoms with Gasteiger partial charge in [-0.25, -0.2) is 18.0 Å². The van der Waals surface area contributed by atoms with Crippen molar-refractivity contribution in [1.29, 1.82) is 0 Å². The third-order valence-electron chi connectivity index (χ3n) is 14.4. The van der Waals surface area contributed by atoms with E-state index in [-0.39, 0.29) is 96.2 Å².